The standard InChI is InChI=1S/C25H37NO5/c1-8-14-25(6,7)16-19(15-20(27)31-24(3,4)5)22(28)26-17(2)21(30-23(26)29)18-12-10-9-11-13-18/h9-13,17,19,21H,8,14-16H2,1-7H3/t17-,19-,21+/m1/s1. The van der Waals surface area contributed by atoms with Crippen molar-refractivity contribution < 1.29 is 23.9 Å². The van der Waals surface area contributed by atoms with E-state index in [0.717, 1.165) is 18.4 Å². The molecule has 0 bridgehead atoms. The van der Waals surface area contributed by atoms with E-state index in [1.165, 1.54) is 4.90 Å². The van der Waals surface area contributed by atoms with Crippen molar-refractivity contribution >= 4 is 18.0 Å². The van der Waals surface area contributed by atoms with E-state index in [0.29, 0.717) is 6.42 Å². The average Bonchev–Trinajstić information content (AvgIpc) is 2.93. The molecule has 0 aliphatic carbocycles. The van der Waals surface area contributed by atoms with Crippen LogP contribution in [-0.4, -0.2) is 34.5 Å². The molecular formula is C25H37NO5. The summed E-state index contributed by atoms with van der Waals surface area (Å²) in [5.41, 5.74) is 0.0543. The van der Waals surface area contributed by atoms with Crippen molar-refractivity contribution in [3.63, 3.8) is 0 Å². The molecule has 0 radical (unpaired) electrons. The molecule has 1 fully saturated rings. The minimum Gasteiger partial charge on any atom is -0.460 e. The Labute approximate surface area is 186 Å². The van der Waals surface area contributed by atoms with Gasteiger partial charge in [0.15, 0.2) is 0 Å². The lowest BCUT2D eigenvalue weighted by molar-refractivity contribution is -0.158. The van der Waals surface area contributed by atoms with E-state index >= 15 is 0 Å². The van der Waals surface area contributed by atoms with Crippen LogP contribution in [0.1, 0.15) is 85.8 Å². The van der Waals surface area contributed by atoms with Gasteiger partial charge in [-0.05, 0) is 51.5 Å². The first-order chi connectivity index (χ1) is 14.3. The molecule has 1 aliphatic rings. The topological polar surface area (TPSA) is 72.9 Å². The maximum absolute atomic E-state index is 13.5. The normalized spacial score (nSPS) is 20.4. The van der Waals surface area contributed by atoms with Crippen LogP contribution in [0.3, 0.4) is 0 Å². The molecule has 2 amide bonds. The van der Waals surface area contributed by atoms with E-state index in [1.54, 1.807) is 20.8 Å². The fraction of sp³-hybridized carbons (Fsp3) is 0.640. The van der Waals surface area contributed by atoms with Crippen molar-refractivity contribution in [2.45, 2.75) is 91.9 Å². The average molecular weight is 432 g/mol. The van der Waals surface area contributed by atoms with E-state index in [-0.39, 0.29) is 17.7 Å². The quantitative estimate of drug-likeness (QED) is 0.497. The van der Waals surface area contributed by atoms with Crippen molar-refractivity contribution in [2.75, 3.05) is 0 Å². The molecule has 2 rings (SSSR count). The lowest BCUT2D eigenvalue weighted by Crippen LogP contribution is -2.43. The lowest BCUT2D eigenvalue weighted by Gasteiger charge is -2.31. The van der Waals surface area contributed by atoms with Crippen molar-refractivity contribution in [3.05, 3.63) is 35.9 Å². The molecule has 1 aromatic rings. The number of esters is 1. The Balaban J connectivity index is 2.26. The second kappa shape index (κ2) is 9.84. The van der Waals surface area contributed by atoms with Gasteiger partial charge in [-0.1, -0.05) is 57.5 Å². The van der Waals surface area contributed by atoms with Gasteiger partial charge in [0, 0.05) is 5.92 Å². The van der Waals surface area contributed by atoms with Gasteiger partial charge >= 0.3 is 12.1 Å². The number of nitrogens with zero attached hydrogens (tertiary/aromatic N) is 1. The van der Waals surface area contributed by atoms with Gasteiger partial charge in [-0.2, -0.15) is 0 Å². The third kappa shape index (κ3) is 6.81. The third-order valence-corrected chi connectivity index (χ3v) is 5.54. The summed E-state index contributed by atoms with van der Waals surface area (Å²) in [4.78, 5) is 40.0. The van der Waals surface area contributed by atoms with Gasteiger partial charge in [-0.25, -0.2) is 9.69 Å². The number of carbonyl (C=O) groups excluding carboxylic acids is 3. The van der Waals surface area contributed by atoms with Gasteiger partial charge in [0.1, 0.15) is 11.7 Å². The van der Waals surface area contributed by atoms with Gasteiger partial charge in [0.2, 0.25) is 5.91 Å². The van der Waals surface area contributed by atoms with Crippen molar-refractivity contribution in [1.29, 1.82) is 0 Å². The smallest absolute Gasteiger partial charge is 0.417 e. The van der Waals surface area contributed by atoms with Crippen LogP contribution in [0.25, 0.3) is 0 Å². The summed E-state index contributed by atoms with van der Waals surface area (Å²) in [6.45, 7) is 13.5. The molecule has 3 atom stereocenters. The molecule has 0 saturated carbocycles. The number of hydrogen-bond donors (Lipinski definition) is 0. The third-order valence-electron chi connectivity index (χ3n) is 5.54. The first kappa shape index (κ1) is 24.9. The van der Waals surface area contributed by atoms with Gasteiger partial charge in [-0.15, -0.1) is 0 Å². The van der Waals surface area contributed by atoms with Crippen LogP contribution in [0.2, 0.25) is 0 Å². The highest BCUT2D eigenvalue weighted by Gasteiger charge is 2.46. The van der Waals surface area contributed by atoms with E-state index < -0.39 is 35.7 Å². The number of rotatable bonds is 8. The first-order valence-corrected chi connectivity index (χ1v) is 11.1. The number of ether oxygens (including phenoxy) is 2. The summed E-state index contributed by atoms with van der Waals surface area (Å²) in [7, 11) is 0. The van der Waals surface area contributed by atoms with Crippen LogP contribution >= 0.6 is 0 Å². The molecule has 0 spiro atoms. The largest absolute Gasteiger partial charge is 0.460 e. The number of carbonyl (C=O) groups is 3. The fourth-order valence-corrected chi connectivity index (χ4v) is 4.32. The van der Waals surface area contributed by atoms with Crippen molar-refractivity contribution in [1.82, 2.24) is 4.90 Å². The number of hydrogen-bond acceptors (Lipinski definition) is 5. The van der Waals surface area contributed by atoms with Gasteiger partial charge < -0.3 is 9.47 Å². The van der Waals surface area contributed by atoms with E-state index in [2.05, 4.69) is 20.8 Å². The summed E-state index contributed by atoms with van der Waals surface area (Å²) in [6.07, 6.45) is 1.13. The maximum Gasteiger partial charge on any atom is 0.417 e. The first-order valence-electron chi connectivity index (χ1n) is 11.1. The van der Waals surface area contributed by atoms with E-state index in [9.17, 15) is 14.4 Å². The van der Waals surface area contributed by atoms with E-state index in [4.69, 9.17) is 9.47 Å². The van der Waals surface area contributed by atoms with Crippen LogP contribution in [0, 0.1) is 11.3 Å². The fourth-order valence-electron chi connectivity index (χ4n) is 4.32. The second-order valence-corrected chi connectivity index (χ2v) is 10.3. The Hall–Kier alpha value is -2.37. The predicted octanol–water partition coefficient (Wildman–Crippen LogP) is 5.66. The van der Waals surface area contributed by atoms with Crippen LogP contribution in [-0.2, 0) is 19.1 Å². The zero-order valence-corrected chi connectivity index (χ0v) is 19.9. The highest BCUT2D eigenvalue weighted by Crippen LogP contribution is 2.37. The molecule has 1 heterocycles. The van der Waals surface area contributed by atoms with Crippen molar-refractivity contribution in [2.24, 2.45) is 11.3 Å². The van der Waals surface area contributed by atoms with Gasteiger partial charge in [-0.3, -0.25) is 9.59 Å². The Morgan fingerprint density at radius 1 is 1.13 bits per heavy atom. The van der Waals surface area contributed by atoms with Crippen LogP contribution in [0.5, 0.6) is 0 Å². The Morgan fingerprint density at radius 3 is 2.29 bits per heavy atom. The molecular weight excluding hydrogens is 394 g/mol. The lowest BCUT2D eigenvalue weighted by atomic mass is 9.77. The summed E-state index contributed by atoms with van der Waals surface area (Å²) in [5.74, 6) is -1.45. The minimum atomic E-state index is -0.658. The molecule has 6 heteroatoms. The molecule has 31 heavy (non-hydrogen) atoms. The summed E-state index contributed by atoms with van der Waals surface area (Å²) in [5, 5.41) is 0. The zero-order chi connectivity index (χ0) is 23.4. The molecule has 0 aromatic heterocycles. The number of amides is 2. The number of imide groups is 1. The summed E-state index contributed by atoms with van der Waals surface area (Å²) < 4.78 is 11.0. The predicted molar refractivity (Wildman–Crippen MR) is 119 cm³/mol. The molecule has 1 saturated heterocycles. The molecule has 0 unspecified atom stereocenters. The van der Waals surface area contributed by atoms with E-state index in [1.807, 2.05) is 37.3 Å². The monoisotopic (exact) mass is 431 g/mol. The minimum absolute atomic E-state index is 0.0598. The van der Waals surface area contributed by atoms with Crippen LogP contribution in [0.15, 0.2) is 30.3 Å². The summed E-state index contributed by atoms with van der Waals surface area (Å²) >= 11 is 0. The number of benzene rings is 1. The highest BCUT2D eigenvalue weighted by atomic mass is 16.6. The Morgan fingerprint density at radius 2 is 1.74 bits per heavy atom. The van der Waals surface area contributed by atoms with Crippen LogP contribution in [0.4, 0.5) is 4.79 Å². The molecule has 172 valence electrons. The van der Waals surface area contributed by atoms with Gasteiger partial charge in [0.05, 0.1) is 12.5 Å². The highest BCUT2D eigenvalue weighted by molar-refractivity contribution is 5.96. The second-order valence-electron chi connectivity index (χ2n) is 10.3. The zero-order valence-electron chi connectivity index (χ0n) is 19.9. The van der Waals surface area contributed by atoms with Crippen molar-refractivity contribution in [3.8, 4) is 0 Å². The molecule has 6 nitrogen and oxygen atoms in total. The van der Waals surface area contributed by atoms with Crippen LogP contribution < -0.4 is 0 Å². The Kier molecular flexibility index (Phi) is 7.90. The Bertz CT molecular complexity index is 781. The molecule has 0 N–H and O–H groups in total. The number of cyclic esters (lactones) is 1. The SMILES string of the molecule is CCCC(C)(C)C[C@@H](CC(=O)OC(C)(C)C)C(=O)N1C(=O)O[C@H](c2ccccc2)[C@H]1C. The van der Waals surface area contributed by atoms with Gasteiger partial charge in [0.25, 0.3) is 0 Å². The maximum atomic E-state index is 13.5. The molecule has 1 aromatic carbocycles. The summed E-state index contributed by atoms with van der Waals surface area (Å²) in [6, 6.07) is 8.94. The molecule has 1 aliphatic heterocycles.